The standard InChI is InChI=1S/C11H13N3O6/c1-4-5(2-12)14(11(19)13-9(4)18)10-8(17)7(16)6(3-15)20-10/h6-8,10,15-17H,3H2,1H3,(H,13,18,19)/t6-,7-,8-,10-/m1/s1. The molecule has 0 saturated carbocycles. The van der Waals surface area contributed by atoms with E-state index in [9.17, 15) is 19.8 Å². The normalized spacial score (nSPS) is 29.4. The third-order valence-electron chi connectivity index (χ3n) is 3.25. The summed E-state index contributed by atoms with van der Waals surface area (Å²) in [6, 6.07) is 1.70. The number of nitrogens with one attached hydrogen (secondary N) is 1. The van der Waals surface area contributed by atoms with Gasteiger partial charge in [-0.1, -0.05) is 0 Å². The Balaban J connectivity index is 2.60. The molecular formula is C11H13N3O6. The van der Waals surface area contributed by atoms with Crippen molar-refractivity contribution >= 4 is 0 Å². The fourth-order valence-corrected chi connectivity index (χ4v) is 2.11. The van der Waals surface area contributed by atoms with Crippen LogP contribution in [-0.2, 0) is 4.74 Å². The maximum Gasteiger partial charge on any atom is 0.331 e. The van der Waals surface area contributed by atoms with Crippen molar-refractivity contribution in [2.24, 2.45) is 0 Å². The lowest BCUT2D eigenvalue weighted by Gasteiger charge is -2.19. The molecule has 2 rings (SSSR count). The third kappa shape index (κ3) is 2.04. The number of H-pyrrole nitrogens is 1. The van der Waals surface area contributed by atoms with Gasteiger partial charge in [0, 0.05) is 5.56 Å². The van der Waals surface area contributed by atoms with Crippen molar-refractivity contribution in [3.63, 3.8) is 0 Å². The Labute approximate surface area is 112 Å². The van der Waals surface area contributed by atoms with Gasteiger partial charge < -0.3 is 20.1 Å². The highest BCUT2D eigenvalue weighted by atomic mass is 16.6. The van der Waals surface area contributed by atoms with E-state index >= 15 is 0 Å². The molecule has 9 nitrogen and oxygen atoms in total. The first-order valence-electron chi connectivity index (χ1n) is 5.80. The summed E-state index contributed by atoms with van der Waals surface area (Å²) >= 11 is 0. The van der Waals surface area contributed by atoms with E-state index in [4.69, 9.17) is 15.1 Å². The molecule has 0 amide bonds. The number of nitriles is 1. The van der Waals surface area contributed by atoms with Crippen LogP contribution in [0.3, 0.4) is 0 Å². The topological polar surface area (TPSA) is 149 Å². The number of aromatic nitrogens is 2. The number of hydrogen-bond donors (Lipinski definition) is 4. The molecule has 0 unspecified atom stereocenters. The lowest BCUT2D eigenvalue weighted by Crippen LogP contribution is -2.40. The van der Waals surface area contributed by atoms with E-state index in [1.807, 2.05) is 4.98 Å². The van der Waals surface area contributed by atoms with Gasteiger partial charge in [-0.15, -0.1) is 0 Å². The first-order valence-corrected chi connectivity index (χ1v) is 5.80. The molecular weight excluding hydrogens is 270 g/mol. The maximum atomic E-state index is 11.8. The number of aliphatic hydroxyl groups excluding tert-OH is 3. The molecule has 0 bridgehead atoms. The predicted molar refractivity (Wildman–Crippen MR) is 63.8 cm³/mol. The highest BCUT2D eigenvalue weighted by Crippen LogP contribution is 2.29. The number of rotatable bonds is 2. The summed E-state index contributed by atoms with van der Waals surface area (Å²) in [6.45, 7) is 0.780. The monoisotopic (exact) mass is 283 g/mol. The maximum absolute atomic E-state index is 11.8. The Morgan fingerprint density at radius 2 is 2.05 bits per heavy atom. The molecule has 20 heavy (non-hydrogen) atoms. The Kier molecular flexibility index (Phi) is 3.74. The van der Waals surface area contributed by atoms with Gasteiger partial charge in [-0.3, -0.25) is 14.3 Å². The zero-order chi connectivity index (χ0) is 15.0. The average molecular weight is 283 g/mol. The summed E-state index contributed by atoms with van der Waals surface area (Å²) in [5.74, 6) is 0. The van der Waals surface area contributed by atoms with Crippen LogP contribution in [0, 0.1) is 18.3 Å². The quantitative estimate of drug-likeness (QED) is 0.462. The lowest BCUT2D eigenvalue weighted by atomic mass is 10.1. The SMILES string of the molecule is Cc1c(C#N)n([C@@H]2O[C@H](CO)[C@@H](O)[C@H]2O)c(=O)[nH]c1=O. The molecule has 0 aromatic carbocycles. The van der Waals surface area contributed by atoms with Crippen LogP contribution >= 0.6 is 0 Å². The predicted octanol–water partition coefficient (Wildman–Crippen LogP) is -2.67. The van der Waals surface area contributed by atoms with Crippen molar-refractivity contribution in [3.8, 4) is 6.07 Å². The van der Waals surface area contributed by atoms with Crippen molar-refractivity contribution in [2.45, 2.75) is 31.5 Å². The molecule has 9 heteroatoms. The summed E-state index contributed by atoms with van der Waals surface area (Å²) in [6.07, 6.45) is -5.36. The van der Waals surface area contributed by atoms with Crippen molar-refractivity contribution < 1.29 is 20.1 Å². The molecule has 1 aromatic heterocycles. The third-order valence-corrected chi connectivity index (χ3v) is 3.25. The van der Waals surface area contributed by atoms with E-state index in [2.05, 4.69) is 0 Å². The van der Waals surface area contributed by atoms with Gasteiger partial charge in [0.15, 0.2) is 6.23 Å². The Morgan fingerprint density at radius 1 is 1.40 bits per heavy atom. The summed E-state index contributed by atoms with van der Waals surface area (Å²) in [5.41, 5.74) is -1.93. The largest absolute Gasteiger partial charge is 0.394 e. The minimum atomic E-state index is -1.51. The van der Waals surface area contributed by atoms with E-state index in [1.54, 1.807) is 6.07 Å². The zero-order valence-electron chi connectivity index (χ0n) is 10.5. The molecule has 108 valence electrons. The number of aliphatic hydroxyl groups is 3. The van der Waals surface area contributed by atoms with Crippen molar-refractivity contribution in [2.75, 3.05) is 6.61 Å². The summed E-state index contributed by atoms with van der Waals surface area (Å²) in [7, 11) is 0. The molecule has 4 N–H and O–H groups in total. The van der Waals surface area contributed by atoms with Gasteiger partial charge in [0.05, 0.1) is 6.61 Å². The Morgan fingerprint density at radius 3 is 2.55 bits per heavy atom. The smallest absolute Gasteiger partial charge is 0.331 e. The Bertz CT molecular complexity index is 672. The summed E-state index contributed by atoms with van der Waals surface area (Å²) in [4.78, 5) is 25.3. The number of hydrogen-bond acceptors (Lipinski definition) is 7. The van der Waals surface area contributed by atoms with Crippen molar-refractivity contribution in [1.82, 2.24) is 9.55 Å². The van der Waals surface area contributed by atoms with Crippen LogP contribution in [0.1, 0.15) is 17.5 Å². The average Bonchev–Trinajstić information content (AvgIpc) is 2.70. The van der Waals surface area contributed by atoms with Gasteiger partial charge >= 0.3 is 5.69 Å². The van der Waals surface area contributed by atoms with Gasteiger partial charge in [-0.25, -0.2) is 4.79 Å². The number of ether oxygens (including phenoxy) is 1. The second-order valence-corrected chi connectivity index (χ2v) is 4.44. The van der Waals surface area contributed by atoms with E-state index in [1.165, 1.54) is 6.92 Å². The van der Waals surface area contributed by atoms with Crippen LogP contribution < -0.4 is 11.2 Å². The zero-order valence-corrected chi connectivity index (χ0v) is 10.5. The van der Waals surface area contributed by atoms with Crippen LogP contribution in [0.15, 0.2) is 9.59 Å². The second kappa shape index (κ2) is 5.18. The van der Waals surface area contributed by atoms with Gasteiger partial charge in [0.2, 0.25) is 0 Å². The van der Waals surface area contributed by atoms with E-state index in [0.29, 0.717) is 0 Å². The Hall–Kier alpha value is -1.99. The van der Waals surface area contributed by atoms with Gasteiger partial charge in [0.1, 0.15) is 30.1 Å². The fraction of sp³-hybridized carbons (Fsp3) is 0.545. The van der Waals surface area contributed by atoms with Gasteiger partial charge in [-0.05, 0) is 6.92 Å². The molecule has 0 spiro atoms. The van der Waals surface area contributed by atoms with Crippen LogP contribution in [0.25, 0.3) is 0 Å². The molecule has 4 atom stereocenters. The second-order valence-electron chi connectivity index (χ2n) is 4.44. The van der Waals surface area contributed by atoms with E-state index in [-0.39, 0.29) is 11.3 Å². The minimum absolute atomic E-state index is 0.00941. The fourth-order valence-electron chi connectivity index (χ4n) is 2.11. The molecule has 1 saturated heterocycles. The van der Waals surface area contributed by atoms with Gasteiger partial charge in [-0.2, -0.15) is 5.26 Å². The number of nitrogens with zero attached hydrogens (tertiary/aromatic N) is 2. The van der Waals surface area contributed by atoms with Crippen molar-refractivity contribution in [3.05, 3.63) is 32.1 Å². The molecule has 2 heterocycles. The number of aromatic amines is 1. The van der Waals surface area contributed by atoms with Crippen LogP contribution in [0.5, 0.6) is 0 Å². The van der Waals surface area contributed by atoms with Crippen LogP contribution in [0.4, 0.5) is 0 Å². The molecule has 0 aliphatic carbocycles. The highest BCUT2D eigenvalue weighted by Gasteiger charge is 2.44. The van der Waals surface area contributed by atoms with Gasteiger partial charge in [0.25, 0.3) is 5.56 Å². The van der Waals surface area contributed by atoms with E-state index < -0.39 is 42.4 Å². The first-order chi connectivity index (χ1) is 9.42. The first kappa shape index (κ1) is 14.4. The summed E-state index contributed by atoms with van der Waals surface area (Å²) in [5, 5.41) is 37.6. The molecule has 0 radical (unpaired) electrons. The van der Waals surface area contributed by atoms with E-state index in [0.717, 1.165) is 4.57 Å². The minimum Gasteiger partial charge on any atom is -0.394 e. The lowest BCUT2D eigenvalue weighted by molar-refractivity contribution is -0.0555. The highest BCUT2D eigenvalue weighted by molar-refractivity contribution is 5.29. The molecule has 1 aliphatic heterocycles. The molecule has 1 aromatic rings. The van der Waals surface area contributed by atoms with Crippen LogP contribution in [-0.4, -0.2) is 49.8 Å². The van der Waals surface area contributed by atoms with Crippen molar-refractivity contribution in [1.29, 1.82) is 5.26 Å². The van der Waals surface area contributed by atoms with Crippen LogP contribution in [0.2, 0.25) is 0 Å². The molecule has 1 aliphatic rings. The summed E-state index contributed by atoms with van der Waals surface area (Å²) < 4.78 is 5.94. The molecule has 1 fully saturated rings.